The highest BCUT2D eigenvalue weighted by Crippen LogP contribution is 2.30. The molecular weight excluding hydrogens is 408 g/mol. The lowest BCUT2D eigenvalue weighted by atomic mass is 10.1. The van der Waals surface area contributed by atoms with Crippen LogP contribution in [0.2, 0.25) is 0 Å². The first-order valence-corrected chi connectivity index (χ1v) is 10.3. The number of anilines is 2. The number of nitro groups is 1. The summed E-state index contributed by atoms with van der Waals surface area (Å²) in [4.78, 5) is 40.0. The average Bonchev–Trinajstić information content (AvgIpc) is 2.84. The van der Waals surface area contributed by atoms with Crippen LogP contribution < -0.4 is 10.2 Å². The first-order chi connectivity index (χ1) is 15.5. The van der Waals surface area contributed by atoms with Gasteiger partial charge in [-0.2, -0.15) is 0 Å². The van der Waals surface area contributed by atoms with Crippen molar-refractivity contribution in [1.82, 2.24) is 4.90 Å². The fourth-order valence-electron chi connectivity index (χ4n) is 3.70. The van der Waals surface area contributed by atoms with Crippen LogP contribution in [-0.2, 0) is 0 Å². The van der Waals surface area contributed by atoms with Crippen molar-refractivity contribution in [2.24, 2.45) is 0 Å². The van der Waals surface area contributed by atoms with E-state index in [0.717, 1.165) is 5.69 Å². The molecule has 0 saturated carbocycles. The second-order valence-corrected chi connectivity index (χ2v) is 7.42. The molecule has 0 radical (unpaired) electrons. The number of benzene rings is 3. The van der Waals surface area contributed by atoms with Crippen molar-refractivity contribution in [2.45, 2.75) is 0 Å². The Hall–Kier alpha value is -4.20. The molecule has 1 N–H and O–H groups in total. The molecule has 162 valence electrons. The van der Waals surface area contributed by atoms with Gasteiger partial charge in [-0.25, -0.2) is 0 Å². The molecule has 3 aromatic rings. The Balaban J connectivity index is 1.48. The van der Waals surface area contributed by atoms with Crippen LogP contribution in [0.25, 0.3) is 0 Å². The Morgan fingerprint density at radius 3 is 2.00 bits per heavy atom. The molecule has 1 fully saturated rings. The minimum Gasteiger partial charge on any atom is -0.368 e. The summed E-state index contributed by atoms with van der Waals surface area (Å²) in [7, 11) is 0. The number of rotatable bonds is 5. The van der Waals surface area contributed by atoms with E-state index in [9.17, 15) is 19.7 Å². The third-order valence-electron chi connectivity index (χ3n) is 5.41. The maximum atomic E-state index is 12.7. The Morgan fingerprint density at radius 2 is 1.41 bits per heavy atom. The van der Waals surface area contributed by atoms with Crippen molar-refractivity contribution in [3.05, 3.63) is 100 Å². The molecular formula is C24H22N4O4. The van der Waals surface area contributed by atoms with Gasteiger partial charge in [-0.15, -0.1) is 0 Å². The van der Waals surface area contributed by atoms with Gasteiger partial charge >= 0.3 is 0 Å². The maximum absolute atomic E-state index is 12.7. The van der Waals surface area contributed by atoms with Crippen LogP contribution in [0.15, 0.2) is 78.9 Å². The second kappa shape index (κ2) is 9.30. The molecule has 32 heavy (non-hydrogen) atoms. The third-order valence-corrected chi connectivity index (χ3v) is 5.41. The standard InChI is InChI=1S/C24H22N4O4/c29-23(18-7-3-1-4-8-18)25-21-17-20(11-12-22(21)28(31)32)26-13-15-27(16-14-26)24(30)19-9-5-2-6-10-19/h1-12,17H,13-16H2,(H,25,29). The van der Waals surface area contributed by atoms with Gasteiger partial charge in [0.05, 0.1) is 4.92 Å². The topological polar surface area (TPSA) is 95.8 Å². The van der Waals surface area contributed by atoms with Crippen molar-refractivity contribution in [1.29, 1.82) is 0 Å². The number of nitrogens with zero attached hydrogens (tertiary/aromatic N) is 3. The van der Waals surface area contributed by atoms with E-state index in [2.05, 4.69) is 10.2 Å². The molecule has 0 spiro atoms. The van der Waals surface area contributed by atoms with Gasteiger partial charge in [0, 0.05) is 49.1 Å². The van der Waals surface area contributed by atoms with Crippen LogP contribution in [0.5, 0.6) is 0 Å². The third kappa shape index (κ3) is 4.59. The van der Waals surface area contributed by atoms with E-state index in [4.69, 9.17) is 0 Å². The minimum atomic E-state index is -0.513. The Bertz CT molecular complexity index is 1130. The summed E-state index contributed by atoms with van der Waals surface area (Å²) < 4.78 is 0. The summed E-state index contributed by atoms with van der Waals surface area (Å²) in [6.45, 7) is 2.25. The van der Waals surface area contributed by atoms with Crippen molar-refractivity contribution in [2.75, 3.05) is 36.4 Å². The van der Waals surface area contributed by atoms with Crippen molar-refractivity contribution in [3.8, 4) is 0 Å². The zero-order chi connectivity index (χ0) is 22.5. The lowest BCUT2D eigenvalue weighted by molar-refractivity contribution is -0.383. The highest BCUT2D eigenvalue weighted by atomic mass is 16.6. The van der Waals surface area contributed by atoms with Gasteiger partial charge in [-0.3, -0.25) is 19.7 Å². The van der Waals surface area contributed by atoms with E-state index in [1.54, 1.807) is 59.5 Å². The SMILES string of the molecule is O=C(Nc1cc(N2CCN(C(=O)c3ccccc3)CC2)ccc1[N+](=O)[O-])c1ccccc1. The van der Waals surface area contributed by atoms with Gasteiger partial charge in [0.15, 0.2) is 0 Å². The van der Waals surface area contributed by atoms with Crippen molar-refractivity contribution in [3.63, 3.8) is 0 Å². The van der Waals surface area contributed by atoms with Gasteiger partial charge < -0.3 is 15.1 Å². The van der Waals surface area contributed by atoms with Gasteiger partial charge in [-0.05, 0) is 36.4 Å². The quantitative estimate of drug-likeness (QED) is 0.491. The predicted octanol–water partition coefficient (Wildman–Crippen LogP) is 3.81. The Labute approximate surface area is 185 Å². The highest BCUT2D eigenvalue weighted by molar-refractivity contribution is 6.05. The van der Waals surface area contributed by atoms with E-state index in [1.165, 1.54) is 6.07 Å². The average molecular weight is 430 g/mol. The largest absolute Gasteiger partial charge is 0.368 e. The van der Waals surface area contributed by atoms with Gasteiger partial charge in [0.25, 0.3) is 17.5 Å². The molecule has 4 rings (SSSR count). The van der Waals surface area contributed by atoms with E-state index < -0.39 is 10.8 Å². The summed E-state index contributed by atoms with van der Waals surface area (Å²) in [6.07, 6.45) is 0. The number of carbonyl (C=O) groups is 2. The van der Waals surface area contributed by atoms with E-state index >= 15 is 0 Å². The molecule has 0 bridgehead atoms. The molecule has 1 aliphatic rings. The summed E-state index contributed by atoms with van der Waals surface area (Å²) in [5.41, 5.74) is 1.80. The lowest BCUT2D eigenvalue weighted by Gasteiger charge is -2.36. The molecule has 3 aromatic carbocycles. The lowest BCUT2D eigenvalue weighted by Crippen LogP contribution is -2.48. The number of piperazine rings is 1. The molecule has 8 nitrogen and oxygen atoms in total. The number of nitro benzene ring substituents is 1. The number of carbonyl (C=O) groups excluding carboxylic acids is 2. The number of amides is 2. The van der Waals surface area contributed by atoms with Gasteiger partial charge in [-0.1, -0.05) is 36.4 Å². The van der Waals surface area contributed by atoms with E-state index in [1.807, 2.05) is 18.2 Å². The monoisotopic (exact) mass is 430 g/mol. The normalized spacial score (nSPS) is 13.5. The van der Waals surface area contributed by atoms with Crippen LogP contribution in [0.3, 0.4) is 0 Å². The van der Waals surface area contributed by atoms with Crippen LogP contribution in [0.1, 0.15) is 20.7 Å². The Morgan fingerprint density at radius 1 is 0.812 bits per heavy atom. The fourth-order valence-corrected chi connectivity index (χ4v) is 3.70. The molecule has 0 aliphatic carbocycles. The summed E-state index contributed by atoms with van der Waals surface area (Å²) in [5, 5.41) is 14.1. The first-order valence-electron chi connectivity index (χ1n) is 10.3. The predicted molar refractivity (Wildman–Crippen MR) is 122 cm³/mol. The molecule has 8 heteroatoms. The molecule has 0 aromatic heterocycles. The summed E-state index contributed by atoms with van der Waals surface area (Å²) in [5.74, 6) is -0.422. The first kappa shape index (κ1) is 21.0. The highest BCUT2D eigenvalue weighted by Gasteiger charge is 2.24. The minimum absolute atomic E-state index is 0.00948. The zero-order valence-electron chi connectivity index (χ0n) is 17.3. The van der Waals surface area contributed by atoms with Crippen LogP contribution >= 0.6 is 0 Å². The fraction of sp³-hybridized carbons (Fsp3) is 0.167. The van der Waals surface area contributed by atoms with Gasteiger partial charge in [0.1, 0.15) is 5.69 Å². The molecule has 1 saturated heterocycles. The van der Waals surface area contributed by atoms with E-state index in [0.29, 0.717) is 37.3 Å². The summed E-state index contributed by atoms with van der Waals surface area (Å²) in [6, 6.07) is 22.4. The molecule has 1 aliphatic heterocycles. The van der Waals surface area contributed by atoms with Crippen molar-refractivity contribution < 1.29 is 14.5 Å². The summed E-state index contributed by atoms with van der Waals surface area (Å²) >= 11 is 0. The smallest absolute Gasteiger partial charge is 0.292 e. The maximum Gasteiger partial charge on any atom is 0.292 e. The van der Waals surface area contributed by atoms with E-state index in [-0.39, 0.29) is 17.3 Å². The van der Waals surface area contributed by atoms with Crippen LogP contribution in [0.4, 0.5) is 17.1 Å². The zero-order valence-corrected chi connectivity index (χ0v) is 17.3. The molecule has 2 amide bonds. The number of hydrogen-bond acceptors (Lipinski definition) is 5. The number of nitrogens with one attached hydrogen (secondary N) is 1. The molecule has 0 unspecified atom stereocenters. The molecule has 1 heterocycles. The molecule has 0 atom stereocenters. The van der Waals surface area contributed by atoms with Crippen molar-refractivity contribution >= 4 is 28.9 Å². The second-order valence-electron chi connectivity index (χ2n) is 7.42. The van der Waals surface area contributed by atoms with Crippen LogP contribution in [-0.4, -0.2) is 47.8 Å². The van der Waals surface area contributed by atoms with Crippen LogP contribution in [0, 0.1) is 10.1 Å². The van der Waals surface area contributed by atoms with Gasteiger partial charge in [0.2, 0.25) is 0 Å². The Kier molecular flexibility index (Phi) is 6.12. The number of hydrogen-bond donors (Lipinski definition) is 1.